The van der Waals surface area contributed by atoms with E-state index in [-0.39, 0.29) is 5.97 Å². The minimum atomic E-state index is -1.67. The first-order valence-electron chi connectivity index (χ1n) is 9.92. The lowest BCUT2D eigenvalue weighted by Crippen LogP contribution is -2.06. The molecule has 0 saturated carbocycles. The molecule has 0 heterocycles. The van der Waals surface area contributed by atoms with Gasteiger partial charge < -0.3 is 4.74 Å². The number of carbonyl (C=O) groups excluding carboxylic acids is 1. The minimum Gasteiger partial charge on any atom is -0.462 e. The number of unbranched alkanes of at least 4 members (excludes halogenated alkanes) is 9. The Morgan fingerprint density at radius 1 is 0.885 bits per heavy atom. The highest BCUT2D eigenvalue weighted by atomic mass is 31.1. The van der Waals surface area contributed by atoms with Crippen LogP contribution in [0.1, 0.15) is 87.1 Å². The van der Waals surface area contributed by atoms with Crippen molar-refractivity contribution in [1.82, 2.24) is 0 Å². The van der Waals surface area contributed by atoms with E-state index in [2.05, 4.69) is 6.92 Å². The molecular weight excluding hydrogens is 347 g/mol. The highest BCUT2D eigenvalue weighted by Gasteiger charge is 2.16. The van der Waals surface area contributed by atoms with Crippen molar-refractivity contribution in [3.63, 3.8) is 0 Å². The standard InChI is InChI=1S/C21H34O4P/c1-3-4-5-6-7-8-9-10-11-12-17-25-21(22)20-15-13-19(14-16-20)18-26(23)24-2/h13-16H,3-12,17-18H2,1-2H3/q+1. The molecule has 0 N–H and O–H groups in total. The number of benzene rings is 1. The van der Waals surface area contributed by atoms with Crippen molar-refractivity contribution in [3.8, 4) is 0 Å². The van der Waals surface area contributed by atoms with Crippen LogP contribution in [0.2, 0.25) is 0 Å². The molecule has 0 aliphatic carbocycles. The summed E-state index contributed by atoms with van der Waals surface area (Å²) in [6.45, 7) is 2.72. The maximum atomic E-state index is 12.0. The minimum absolute atomic E-state index is 0.288. The average molecular weight is 381 g/mol. The molecule has 0 radical (unpaired) electrons. The van der Waals surface area contributed by atoms with E-state index in [1.165, 1.54) is 58.5 Å². The fraction of sp³-hybridized carbons (Fsp3) is 0.667. The largest absolute Gasteiger partial charge is 0.512 e. The van der Waals surface area contributed by atoms with Gasteiger partial charge in [-0.15, -0.1) is 4.52 Å². The van der Waals surface area contributed by atoms with Crippen LogP contribution in [-0.4, -0.2) is 19.7 Å². The van der Waals surface area contributed by atoms with Gasteiger partial charge in [0, 0.05) is 5.56 Å². The molecule has 1 atom stereocenters. The van der Waals surface area contributed by atoms with Gasteiger partial charge in [-0.05, 0) is 23.1 Å². The molecule has 0 fully saturated rings. The molecule has 0 saturated heterocycles. The zero-order valence-electron chi connectivity index (χ0n) is 16.4. The Kier molecular flexibility index (Phi) is 13.0. The topological polar surface area (TPSA) is 52.6 Å². The van der Waals surface area contributed by atoms with E-state index in [4.69, 9.17) is 9.26 Å². The molecule has 0 bridgehead atoms. The van der Waals surface area contributed by atoms with Crippen LogP contribution in [0.25, 0.3) is 0 Å². The number of hydrogen-bond acceptors (Lipinski definition) is 4. The SMILES string of the molecule is CCCCCCCCCCCCOC(=O)c1ccc(C[P+](=O)OC)cc1. The zero-order valence-corrected chi connectivity index (χ0v) is 17.3. The summed E-state index contributed by atoms with van der Waals surface area (Å²) in [5.41, 5.74) is 1.42. The Balaban J connectivity index is 2.07. The number of hydrogen-bond donors (Lipinski definition) is 0. The van der Waals surface area contributed by atoms with Gasteiger partial charge in [0.1, 0.15) is 0 Å². The van der Waals surface area contributed by atoms with Crippen LogP contribution in [-0.2, 0) is 20.0 Å². The molecule has 0 amide bonds. The third-order valence-electron chi connectivity index (χ3n) is 4.44. The molecule has 1 rings (SSSR count). The van der Waals surface area contributed by atoms with E-state index >= 15 is 0 Å². The number of esters is 1. The van der Waals surface area contributed by atoms with Crippen LogP contribution in [0.15, 0.2) is 24.3 Å². The summed E-state index contributed by atoms with van der Waals surface area (Å²) in [5, 5.41) is 0. The Bertz CT molecular complexity index is 513. The molecule has 1 aromatic carbocycles. The molecule has 1 unspecified atom stereocenters. The molecule has 0 aliphatic rings. The van der Waals surface area contributed by atoms with Gasteiger partial charge in [-0.1, -0.05) is 76.8 Å². The van der Waals surface area contributed by atoms with E-state index in [0.717, 1.165) is 18.4 Å². The predicted molar refractivity (Wildman–Crippen MR) is 107 cm³/mol. The molecule has 0 aromatic heterocycles. The molecular formula is C21H34O4P+. The maximum Gasteiger partial charge on any atom is 0.512 e. The lowest BCUT2D eigenvalue weighted by molar-refractivity contribution is 0.0497. The van der Waals surface area contributed by atoms with E-state index in [0.29, 0.717) is 18.3 Å². The van der Waals surface area contributed by atoms with Gasteiger partial charge in [0.2, 0.25) is 6.16 Å². The van der Waals surface area contributed by atoms with Gasteiger partial charge in [0.05, 0.1) is 19.3 Å². The Hall–Kier alpha value is -1.25. The summed E-state index contributed by atoms with van der Waals surface area (Å²) in [5.74, 6) is -0.288. The van der Waals surface area contributed by atoms with Gasteiger partial charge in [0.15, 0.2) is 0 Å². The highest BCUT2D eigenvalue weighted by molar-refractivity contribution is 7.38. The normalized spacial score (nSPS) is 11.4. The lowest BCUT2D eigenvalue weighted by Gasteiger charge is -2.05. The fourth-order valence-corrected chi connectivity index (χ4v) is 3.44. The monoisotopic (exact) mass is 381 g/mol. The first kappa shape index (κ1) is 22.8. The van der Waals surface area contributed by atoms with E-state index in [1.807, 2.05) is 0 Å². The summed E-state index contributed by atoms with van der Waals surface area (Å²) in [6, 6.07) is 7.02. The molecule has 5 heteroatoms. The predicted octanol–water partition coefficient (Wildman–Crippen LogP) is 6.65. The maximum absolute atomic E-state index is 12.0. The van der Waals surface area contributed by atoms with Crippen molar-refractivity contribution in [1.29, 1.82) is 0 Å². The molecule has 146 valence electrons. The Morgan fingerprint density at radius 3 is 1.96 bits per heavy atom. The summed E-state index contributed by atoms with van der Waals surface area (Å²) in [4.78, 5) is 12.0. The average Bonchev–Trinajstić information content (AvgIpc) is 2.66. The number of rotatable bonds is 15. The lowest BCUT2D eigenvalue weighted by atomic mass is 10.1. The van der Waals surface area contributed by atoms with Crippen molar-refractivity contribution in [2.45, 2.75) is 77.3 Å². The smallest absolute Gasteiger partial charge is 0.462 e. The van der Waals surface area contributed by atoms with Crippen molar-refractivity contribution in [2.24, 2.45) is 0 Å². The quantitative estimate of drug-likeness (QED) is 0.194. The molecule has 0 aliphatic heterocycles. The van der Waals surface area contributed by atoms with Crippen molar-refractivity contribution in [2.75, 3.05) is 13.7 Å². The van der Waals surface area contributed by atoms with Crippen LogP contribution < -0.4 is 0 Å². The zero-order chi connectivity index (χ0) is 19.0. The highest BCUT2D eigenvalue weighted by Crippen LogP contribution is 2.26. The van der Waals surface area contributed by atoms with E-state index in [9.17, 15) is 9.36 Å². The Morgan fingerprint density at radius 2 is 1.42 bits per heavy atom. The third kappa shape index (κ3) is 10.7. The van der Waals surface area contributed by atoms with Gasteiger partial charge >= 0.3 is 14.0 Å². The van der Waals surface area contributed by atoms with Gasteiger partial charge in [-0.25, -0.2) is 4.79 Å². The summed E-state index contributed by atoms with van der Waals surface area (Å²) in [6.07, 6.45) is 13.0. The second-order valence-electron chi connectivity index (χ2n) is 6.69. The third-order valence-corrected chi connectivity index (χ3v) is 5.47. The van der Waals surface area contributed by atoms with Gasteiger partial charge in [0.25, 0.3) is 0 Å². The first-order valence-corrected chi connectivity index (χ1v) is 11.3. The molecule has 4 nitrogen and oxygen atoms in total. The molecule has 0 spiro atoms. The number of carbonyl (C=O) groups is 1. The summed E-state index contributed by atoms with van der Waals surface area (Å²) < 4.78 is 21.5. The van der Waals surface area contributed by atoms with Crippen LogP contribution in [0, 0.1) is 0 Å². The molecule has 1 aromatic rings. The van der Waals surface area contributed by atoms with Crippen LogP contribution in [0.5, 0.6) is 0 Å². The molecule has 26 heavy (non-hydrogen) atoms. The number of ether oxygens (including phenoxy) is 1. The van der Waals surface area contributed by atoms with Gasteiger partial charge in [-0.2, -0.15) is 0 Å². The first-order chi connectivity index (χ1) is 12.7. The second-order valence-corrected chi connectivity index (χ2v) is 8.04. The second kappa shape index (κ2) is 14.9. The van der Waals surface area contributed by atoms with Gasteiger partial charge in [-0.3, -0.25) is 0 Å². The van der Waals surface area contributed by atoms with Crippen LogP contribution in [0.4, 0.5) is 0 Å². The van der Waals surface area contributed by atoms with E-state index in [1.54, 1.807) is 24.3 Å². The van der Waals surface area contributed by atoms with Crippen molar-refractivity contribution in [3.05, 3.63) is 35.4 Å². The van der Waals surface area contributed by atoms with Crippen LogP contribution >= 0.6 is 8.03 Å². The van der Waals surface area contributed by atoms with E-state index < -0.39 is 8.03 Å². The summed E-state index contributed by atoms with van der Waals surface area (Å²) >= 11 is 0. The Labute approximate surface area is 159 Å². The summed E-state index contributed by atoms with van der Waals surface area (Å²) in [7, 11) is -0.240. The van der Waals surface area contributed by atoms with Crippen LogP contribution in [0.3, 0.4) is 0 Å². The fourth-order valence-electron chi connectivity index (χ4n) is 2.80. The van der Waals surface area contributed by atoms with Crippen molar-refractivity contribution >= 4 is 14.0 Å². The van der Waals surface area contributed by atoms with Crippen molar-refractivity contribution < 1.29 is 18.6 Å².